The highest BCUT2D eigenvalue weighted by molar-refractivity contribution is 6.05. The predicted molar refractivity (Wildman–Crippen MR) is 147 cm³/mol. The first-order valence-electron chi connectivity index (χ1n) is 12.7. The zero-order chi connectivity index (χ0) is 28.9. The van der Waals surface area contributed by atoms with Crippen LogP contribution in [-0.4, -0.2) is 72.6 Å². The van der Waals surface area contributed by atoms with Crippen LogP contribution in [0.15, 0.2) is 66.0 Å². The molecule has 0 bridgehead atoms. The van der Waals surface area contributed by atoms with Crippen molar-refractivity contribution in [2.45, 2.75) is 25.3 Å². The maximum atomic E-state index is 12.8. The monoisotopic (exact) mass is 543 g/mol. The van der Waals surface area contributed by atoms with Crippen molar-refractivity contribution in [2.24, 2.45) is 0 Å². The van der Waals surface area contributed by atoms with Gasteiger partial charge in [0.25, 0.3) is 11.8 Å². The molecular formula is C30H29N3O7. The van der Waals surface area contributed by atoms with Crippen LogP contribution in [0.4, 0.5) is 5.69 Å². The number of imide groups is 1. The van der Waals surface area contributed by atoms with Crippen molar-refractivity contribution in [3.8, 4) is 5.75 Å². The maximum Gasteiger partial charge on any atom is 0.363 e. The Morgan fingerprint density at radius 2 is 1.68 bits per heavy atom. The molecule has 1 aliphatic carbocycles. The van der Waals surface area contributed by atoms with E-state index in [1.165, 1.54) is 18.2 Å². The number of fused-ring (bicyclic) bond motifs is 2. The number of benzene rings is 2. The Balaban J connectivity index is 1.65. The normalized spacial score (nSPS) is 19.8. The molecule has 1 saturated heterocycles. The molecule has 1 N–H and O–H groups in total. The molecule has 2 aromatic rings. The molecule has 5 rings (SSSR count). The SMILES string of the molecule is CN(C)c1ccc2c(c1)OC1=CC(C)(N(C)C)C=CC1=C2c1ccc(C(=O)ON2C(=O)CCC2=O)cc1C(=O)O. The van der Waals surface area contributed by atoms with Crippen molar-refractivity contribution in [3.63, 3.8) is 0 Å². The van der Waals surface area contributed by atoms with E-state index in [4.69, 9.17) is 9.57 Å². The van der Waals surface area contributed by atoms with Crippen molar-refractivity contribution >= 4 is 35.0 Å². The van der Waals surface area contributed by atoms with Crippen LogP contribution in [0.3, 0.4) is 0 Å². The molecule has 1 fully saturated rings. The number of hydrogen-bond acceptors (Lipinski definition) is 8. The highest BCUT2D eigenvalue weighted by Gasteiger charge is 2.35. The summed E-state index contributed by atoms with van der Waals surface area (Å²) in [5, 5.41) is 10.7. The van der Waals surface area contributed by atoms with Crippen LogP contribution >= 0.6 is 0 Å². The molecule has 0 spiro atoms. The first kappa shape index (κ1) is 26.9. The summed E-state index contributed by atoms with van der Waals surface area (Å²) >= 11 is 0. The molecule has 206 valence electrons. The minimum absolute atomic E-state index is 0.0460. The van der Waals surface area contributed by atoms with Crippen molar-refractivity contribution in [1.82, 2.24) is 9.96 Å². The molecule has 2 heterocycles. The molecule has 0 saturated carbocycles. The third kappa shape index (κ3) is 4.56. The summed E-state index contributed by atoms with van der Waals surface area (Å²) in [5.74, 6) is -2.35. The summed E-state index contributed by atoms with van der Waals surface area (Å²) in [6, 6.07) is 9.86. The standard InChI is InChI=1S/C30H29N3O7/c1-30(32(4)5)13-12-21-24(16-30)39-23-15-18(31(2)3)7-9-20(23)27(21)19-8-6-17(14-22(19)28(36)37)29(38)40-33-25(34)10-11-26(33)35/h6-9,12-16H,10-11H2,1-5H3,(H,36,37). The van der Waals surface area contributed by atoms with E-state index >= 15 is 0 Å². The second-order valence-corrected chi connectivity index (χ2v) is 10.5. The van der Waals surface area contributed by atoms with Gasteiger partial charge in [0, 0.05) is 55.4 Å². The van der Waals surface area contributed by atoms with E-state index in [9.17, 15) is 24.3 Å². The van der Waals surface area contributed by atoms with Gasteiger partial charge >= 0.3 is 11.9 Å². The summed E-state index contributed by atoms with van der Waals surface area (Å²) in [6.07, 6.45) is 5.84. The van der Waals surface area contributed by atoms with Gasteiger partial charge in [-0.1, -0.05) is 18.2 Å². The number of nitrogens with zero attached hydrogens (tertiary/aromatic N) is 3. The van der Waals surface area contributed by atoms with Crippen molar-refractivity contribution in [1.29, 1.82) is 0 Å². The van der Waals surface area contributed by atoms with Gasteiger partial charge in [0.15, 0.2) is 0 Å². The lowest BCUT2D eigenvalue weighted by atomic mass is 9.82. The lowest BCUT2D eigenvalue weighted by molar-refractivity contribution is -0.172. The van der Waals surface area contributed by atoms with Crippen LogP contribution in [0.25, 0.3) is 5.57 Å². The third-order valence-corrected chi connectivity index (χ3v) is 7.41. The van der Waals surface area contributed by atoms with Gasteiger partial charge in [-0.05, 0) is 56.9 Å². The summed E-state index contributed by atoms with van der Waals surface area (Å²) in [4.78, 5) is 58.1. The van der Waals surface area contributed by atoms with Gasteiger partial charge in [-0.15, -0.1) is 5.06 Å². The minimum Gasteiger partial charge on any atom is -0.478 e. The Morgan fingerprint density at radius 1 is 1.00 bits per heavy atom. The van der Waals surface area contributed by atoms with Crippen LogP contribution < -0.4 is 9.64 Å². The van der Waals surface area contributed by atoms with Gasteiger partial charge in [0.1, 0.15) is 11.5 Å². The number of likely N-dealkylation sites (N-methyl/N-ethyl adjacent to an activating group) is 1. The zero-order valence-electron chi connectivity index (χ0n) is 22.8. The molecule has 0 radical (unpaired) electrons. The fourth-order valence-corrected chi connectivity index (χ4v) is 4.79. The van der Waals surface area contributed by atoms with Gasteiger partial charge < -0.3 is 19.6 Å². The summed E-state index contributed by atoms with van der Waals surface area (Å²) in [6.45, 7) is 2.04. The quantitative estimate of drug-likeness (QED) is 0.545. The number of carbonyl (C=O) groups is 4. The van der Waals surface area contributed by atoms with Crippen LogP contribution in [0, 0.1) is 0 Å². The summed E-state index contributed by atoms with van der Waals surface area (Å²) < 4.78 is 6.39. The lowest BCUT2D eigenvalue weighted by Crippen LogP contribution is -2.39. The Labute approximate surface area is 231 Å². The average molecular weight is 544 g/mol. The van der Waals surface area contributed by atoms with Gasteiger partial charge in [0.2, 0.25) is 0 Å². The molecule has 40 heavy (non-hydrogen) atoms. The Bertz CT molecular complexity index is 1550. The second kappa shape index (κ2) is 9.80. The first-order chi connectivity index (χ1) is 18.9. The Morgan fingerprint density at radius 3 is 2.30 bits per heavy atom. The van der Waals surface area contributed by atoms with Gasteiger partial charge in [-0.25, -0.2) is 9.59 Å². The molecule has 3 aliphatic rings. The number of amides is 2. The number of ether oxygens (including phenoxy) is 1. The van der Waals surface area contributed by atoms with Crippen LogP contribution in [-0.2, 0) is 14.4 Å². The highest BCUT2D eigenvalue weighted by atomic mass is 16.7. The molecule has 1 unspecified atom stereocenters. The topological polar surface area (TPSA) is 117 Å². The molecule has 0 aromatic heterocycles. The smallest absolute Gasteiger partial charge is 0.363 e. The number of hydroxylamine groups is 2. The number of carbonyl (C=O) groups excluding carboxylic acids is 3. The summed E-state index contributed by atoms with van der Waals surface area (Å²) in [7, 11) is 7.76. The minimum atomic E-state index is -1.26. The van der Waals surface area contributed by atoms with E-state index in [2.05, 4.69) is 0 Å². The van der Waals surface area contributed by atoms with Crippen molar-refractivity contribution in [2.75, 3.05) is 33.1 Å². The number of carboxylic acids is 1. The zero-order valence-corrected chi connectivity index (χ0v) is 22.8. The molecule has 1 atom stereocenters. The number of hydrogen-bond donors (Lipinski definition) is 1. The molecular weight excluding hydrogens is 514 g/mol. The van der Waals surface area contributed by atoms with E-state index in [1.807, 2.05) is 81.3 Å². The van der Waals surface area contributed by atoms with Gasteiger partial charge in [-0.2, -0.15) is 0 Å². The molecule has 10 nitrogen and oxygen atoms in total. The van der Waals surface area contributed by atoms with Crippen LogP contribution in [0.2, 0.25) is 0 Å². The molecule has 10 heteroatoms. The number of carboxylic acid groups (broad SMARTS) is 1. The van der Waals surface area contributed by atoms with Crippen LogP contribution in [0.1, 0.15) is 51.6 Å². The average Bonchev–Trinajstić information content (AvgIpc) is 3.22. The van der Waals surface area contributed by atoms with E-state index in [0.717, 1.165) is 5.69 Å². The van der Waals surface area contributed by atoms with Gasteiger partial charge in [-0.3, -0.25) is 14.5 Å². The fraction of sp³-hybridized carbons (Fsp3) is 0.267. The molecule has 2 aliphatic heterocycles. The van der Waals surface area contributed by atoms with E-state index in [0.29, 0.717) is 38.8 Å². The number of rotatable bonds is 6. The fourth-order valence-electron chi connectivity index (χ4n) is 4.79. The first-order valence-corrected chi connectivity index (χ1v) is 12.7. The molecule has 2 aromatic carbocycles. The van der Waals surface area contributed by atoms with E-state index < -0.39 is 29.3 Å². The Hall–Kier alpha value is -4.70. The van der Waals surface area contributed by atoms with Gasteiger partial charge in [0.05, 0.1) is 16.7 Å². The number of allylic oxidation sites excluding steroid dienone is 1. The Kier molecular flexibility index (Phi) is 6.59. The maximum absolute atomic E-state index is 12.8. The van der Waals surface area contributed by atoms with Crippen molar-refractivity contribution in [3.05, 3.63) is 88.2 Å². The number of aromatic carboxylic acids is 1. The van der Waals surface area contributed by atoms with E-state index in [-0.39, 0.29) is 24.0 Å². The lowest BCUT2D eigenvalue weighted by Gasteiger charge is -2.36. The largest absolute Gasteiger partial charge is 0.478 e. The third-order valence-electron chi connectivity index (χ3n) is 7.41. The van der Waals surface area contributed by atoms with Crippen LogP contribution in [0.5, 0.6) is 5.75 Å². The second-order valence-electron chi connectivity index (χ2n) is 10.5. The predicted octanol–water partition coefficient (Wildman–Crippen LogP) is 3.64. The molecule has 2 amide bonds. The summed E-state index contributed by atoms with van der Waals surface area (Å²) in [5.41, 5.74) is 2.63. The van der Waals surface area contributed by atoms with E-state index in [1.54, 1.807) is 0 Å². The number of anilines is 1. The van der Waals surface area contributed by atoms with Crippen molar-refractivity contribution < 1.29 is 33.9 Å². The highest BCUT2D eigenvalue weighted by Crippen LogP contribution is 2.46.